The molecule has 0 saturated carbocycles. The fraction of sp³-hybridized carbons (Fsp3) is 0. The van der Waals surface area contributed by atoms with E-state index in [1.54, 1.807) is 18.3 Å². The Kier molecular flexibility index (Phi) is 4.70. The van der Waals surface area contributed by atoms with Gasteiger partial charge in [0.25, 0.3) is 0 Å². The summed E-state index contributed by atoms with van der Waals surface area (Å²) in [7, 11) is 0. The molecule has 1 aromatic rings. The van der Waals surface area contributed by atoms with Gasteiger partial charge >= 0.3 is 0 Å². The molecule has 0 radical (unpaired) electrons. The molecule has 0 spiro atoms. The van der Waals surface area contributed by atoms with Crippen LogP contribution in [0.4, 0.5) is 5.82 Å². The van der Waals surface area contributed by atoms with Crippen molar-refractivity contribution in [1.82, 2.24) is 4.98 Å². The van der Waals surface area contributed by atoms with E-state index in [0.717, 1.165) is 4.47 Å². The molecule has 0 amide bonds. The third kappa shape index (κ3) is 3.28. The van der Waals surface area contributed by atoms with Crippen LogP contribution in [0.2, 0.25) is 0 Å². The van der Waals surface area contributed by atoms with Gasteiger partial charge in [0.2, 0.25) is 6.08 Å². The summed E-state index contributed by atoms with van der Waals surface area (Å²) in [6, 6.07) is 3.37. The van der Waals surface area contributed by atoms with Gasteiger partial charge in [-0.2, -0.15) is 0 Å². The third-order valence-corrected chi connectivity index (χ3v) is 1.34. The quantitative estimate of drug-likeness (QED) is 0.553. The highest BCUT2D eigenvalue weighted by atomic mass is 79.9. The van der Waals surface area contributed by atoms with Crippen LogP contribution in [0.5, 0.6) is 0 Å². The van der Waals surface area contributed by atoms with Crippen molar-refractivity contribution in [2.75, 3.05) is 0 Å². The van der Waals surface area contributed by atoms with E-state index < -0.39 is 0 Å². The van der Waals surface area contributed by atoms with Crippen LogP contribution in [-0.4, -0.2) is 11.1 Å². The minimum atomic E-state index is 0. The lowest BCUT2D eigenvalue weighted by Crippen LogP contribution is -1.71. The molecule has 0 aromatic carbocycles. The summed E-state index contributed by atoms with van der Waals surface area (Å²) in [6.45, 7) is 0. The fourth-order valence-corrected chi connectivity index (χ4v) is 0.715. The molecule has 0 unspecified atom stereocenters. The maximum absolute atomic E-state index is 9.72. The second-order valence-electron chi connectivity index (χ2n) is 1.54. The largest absolute Gasteiger partial charge is 0.242 e. The van der Waals surface area contributed by atoms with Crippen molar-refractivity contribution < 1.29 is 4.79 Å². The molecular formula is C6H4BrClN2O. The third-order valence-electron chi connectivity index (χ3n) is 0.872. The SMILES string of the molecule is Cl.O=C=Nc1ccc(Br)cn1. The Hall–Kier alpha value is -0.700. The molecule has 0 aliphatic rings. The lowest BCUT2D eigenvalue weighted by Gasteiger charge is -1.87. The van der Waals surface area contributed by atoms with Crippen molar-refractivity contribution >= 4 is 40.2 Å². The molecule has 0 N–H and O–H groups in total. The van der Waals surface area contributed by atoms with E-state index in [2.05, 4.69) is 25.9 Å². The summed E-state index contributed by atoms with van der Waals surface area (Å²) in [5.41, 5.74) is 0. The number of carbonyl (C=O) groups excluding carboxylic acids is 1. The van der Waals surface area contributed by atoms with Gasteiger partial charge in [-0.3, -0.25) is 0 Å². The van der Waals surface area contributed by atoms with Crippen LogP contribution < -0.4 is 0 Å². The highest BCUT2D eigenvalue weighted by Gasteiger charge is 1.88. The number of hydrogen-bond acceptors (Lipinski definition) is 3. The monoisotopic (exact) mass is 234 g/mol. The van der Waals surface area contributed by atoms with Crippen molar-refractivity contribution in [3.63, 3.8) is 0 Å². The van der Waals surface area contributed by atoms with Gasteiger partial charge in [0.05, 0.1) is 0 Å². The van der Waals surface area contributed by atoms with Crippen molar-refractivity contribution in [2.24, 2.45) is 4.99 Å². The summed E-state index contributed by atoms with van der Waals surface area (Å²) in [6.07, 6.45) is 2.97. The molecule has 1 rings (SSSR count). The molecule has 58 valence electrons. The molecule has 5 heteroatoms. The van der Waals surface area contributed by atoms with Crippen LogP contribution in [0.25, 0.3) is 0 Å². The summed E-state index contributed by atoms with van der Waals surface area (Å²) in [5.74, 6) is 0.373. The molecule has 11 heavy (non-hydrogen) atoms. The van der Waals surface area contributed by atoms with Crippen LogP contribution in [-0.2, 0) is 4.79 Å². The van der Waals surface area contributed by atoms with Gasteiger partial charge in [0, 0.05) is 10.7 Å². The second kappa shape index (κ2) is 5.02. The maximum Gasteiger partial charge on any atom is 0.242 e. The molecule has 0 saturated heterocycles. The van der Waals surface area contributed by atoms with Gasteiger partial charge in [-0.05, 0) is 28.1 Å². The minimum Gasteiger partial charge on any atom is -0.235 e. The van der Waals surface area contributed by atoms with Crippen molar-refractivity contribution in [3.8, 4) is 0 Å². The van der Waals surface area contributed by atoms with E-state index in [-0.39, 0.29) is 12.4 Å². The lowest BCUT2D eigenvalue weighted by atomic mass is 10.5. The van der Waals surface area contributed by atoms with Crippen molar-refractivity contribution in [2.45, 2.75) is 0 Å². The molecule has 3 nitrogen and oxygen atoms in total. The van der Waals surface area contributed by atoms with Gasteiger partial charge in [-0.25, -0.2) is 9.78 Å². The van der Waals surface area contributed by atoms with E-state index in [4.69, 9.17) is 0 Å². The number of aromatic nitrogens is 1. The molecule has 1 heterocycles. The number of aliphatic imine (C=N–C) groups is 1. The Morgan fingerprint density at radius 3 is 2.73 bits per heavy atom. The number of isocyanates is 1. The van der Waals surface area contributed by atoms with Crippen molar-refractivity contribution in [3.05, 3.63) is 22.8 Å². The van der Waals surface area contributed by atoms with Gasteiger partial charge in [-0.1, -0.05) is 0 Å². The Morgan fingerprint density at radius 1 is 1.55 bits per heavy atom. The first kappa shape index (κ1) is 10.3. The smallest absolute Gasteiger partial charge is 0.235 e. The molecule has 0 fully saturated rings. The topological polar surface area (TPSA) is 42.3 Å². The Morgan fingerprint density at radius 2 is 2.27 bits per heavy atom. The molecule has 0 atom stereocenters. The number of nitrogens with zero attached hydrogens (tertiary/aromatic N) is 2. The predicted octanol–water partition coefficient (Wildman–Crippen LogP) is 2.23. The highest BCUT2D eigenvalue weighted by Crippen LogP contribution is 2.11. The zero-order chi connectivity index (χ0) is 7.40. The van der Waals surface area contributed by atoms with E-state index >= 15 is 0 Å². The Labute approximate surface area is 78.1 Å². The second-order valence-corrected chi connectivity index (χ2v) is 2.45. The molecule has 0 aliphatic carbocycles. The summed E-state index contributed by atoms with van der Waals surface area (Å²) >= 11 is 3.19. The molecule has 0 bridgehead atoms. The van der Waals surface area contributed by atoms with Gasteiger partial charge in [0.1, 0.15) is 0 Å². The first-order chi connectivity index (χ1) is 4.83. The molecule has 1 aromatic heterocycles. The standard InChI is InChI=1S/C6H3BrN2O.ClH/c7-5-1-2-6(8-3-5)9-4-10;/h1-3H;1H. The lowest BCUT2D eigenvalue weighted by molar-refractivity contribution is 0.565. The number of hydrogen-bond donors (Lipinski definition) is 0. The van der Waals surface area contributed by atoms with Crippen LogP contribution >= 0.6 is 28.3 Å². The zero-order valence-electron chi connectivity index (χ0n) is 5.32. The number of rotatable bonds is 1. The minimum absolute atomic E-state index is 0. The van der Waals surface area contributed by atoms with Gasteiger partial charge in [0.15, 0.2) is 5.82 Å². The zero-order valence-corrected chi connectivity index (χ0v) is 7.72. The van der Waals surface area contributed by atoms with E-state index in [9.17, 15) is 4.79 Å². The van der Waals surface area contributed by atoms with E-state index in [0.29, 0.717) is 5.82 Å². The van der Waals surface area contributed by atoms with Crippen LogP contribution in [0.1, 0.15) is 0 Å². The van der Waals surface area contributed by atoms with Crippen LogP contribution in [0.3, 0.4) is 0 Å². The average Bonchev–Trinajstić information content (AvgIpc) is 1.95. The first-order valence-electron chi connectivity index (χ1n) is 2.52. The first-order valence-corrected chi connectivity index (χ1v) is 3.31. The number of halogens is 2. The Bertz CT molecular complexity index is 268. The average molecular weight is 235 g/mol. The van der Waals surface area contributed by atoms with E-state index in [1.165, 1.54) is 6.08 Å². The van der Waals surface area contributed by atoms with Gasteiger partial charge < -0.3 is 0 Å². The summed E-state index contributed by atoms with van der Waals surface area (Å²) in [5, 5.41) is 0. The normalized spacial score (nSPS) is 7.73. The van der Waals surface area contributed by atoms with Crippen LogP contribution in [0.15, 0.2) is 27.8 Å². The summed E-state index contributed by atoms with van der Waals surface area (Å²) in [4.78, 5) is 16.8. The van der Waals surface area contributed by atoms with E-state index in [1.807, 2.05) is 0 Å². The Balaban J connectivity index is 0.000001000. The summed E-state index contributed by atoms with van der Waals surface area (Å²) < 4.78 is 0.859. The fourth-order valence-electron chi connectivity index (χ4n) is 0.481. The maximum atomic E-state index is 9.72. The van der Waals surface area contributed by atoms with Crippen LogP contribution in [0, 0.1) is 0 Å². The van der Waals surface area contributed by atoms with Gasteiger partial charge in [-0.15, -0.1) is 17.4 Å². The highest BCUT2D eigenvalue weighted by molar-refractivity contribution is 9.10. The van der Waals surface area contributed by atoms with Crippen molar-refractivity contribution in [1.29, 1.82) is 0 Å². The predicted molar refractivity (Wildman–Crippen MR) is 47.0 cm³/mol. The molecular weight excluding hydrogens is 231 g/mol. The molecule has 0 aliphatic heterocycles. The number of pyridine rings is 1.